The van der Waals surface area contributed by atoms with Crippen LogP contribution in [-0.4, -0.2) is 13.2 Å². The van der Waals surface area contributed by atoms with Gasteiger partial charge in [-0.05, 0) is 31.0 Å². The minimum atomic E-state index is 0.509. The fourth-order valence-corrected chi connectivity index (χ4v) is 1.58. The summed E-state index contributed by atoms with van der Waals surface area (Å²) in [6.45, 7) is 5.53. The predicted octanol–water partition coefficient (Wildman–Crippen LogP) is 2.88. The Kier molecular flexibility index (Phi) is 4.92. The lowest BCUT2D eigenvalue weighted by molar-refractivity contribution is 0.268. The van der Waals surface area contributed by atoms with Crippen molar-refractivity contribution in [1.29, 1.82) is 0 Å². The van der Waals surface area contributed by atoms with Crippen molar-refractivity contribution in [3.8, 4) is 5.75 Å². The Balaban J connectivity index is 2.80. The molecule has 0 unspecified atom stereocenters. The highest BCUT2D eigenvalue weighted by atomic mass is 35.5. The zero-order valence-electron chi connectivity index (χ0n) is 9.29. The second-order valence-electron chi connectivity index (χ2n) is 3.96. The number of hydrogen-bond acceptors (Lipinski definition) is 2. The lowest BCUT2D eigenvalue weighted by atomic mass is 10.1. The molecule has 0 aliphatic carbocycles. The standard InChI is InChI=1S/C12H18ClNO/c1-9(2)8-15-12-5-3-4-11(13)10(12)6-7-14/h3-5,9H,6-8,14H2,1-2H3. The molecule has 0 aliphatic rings. The molecule has 84 valence electrons. The van der Waals surface area contributed by atoms with Crippen LogP contribution in [0.15, 0.2) is 18.2 Å². The van der Waals surface area contributed by atoms with Crippen LogP contribution in [0.3, 0.4) is 0 Å². The molecule has 0 amide bonds. The highest BCUT2D eigenvalue weighted by Crippen LogP contribution is 2.26. The summed E-state index contributed by atoms with van der Waals surface area (Å²) < 4.78 is 5.69. The molecule has 0 spiro atoms. The first kappa shape index (κ1) is 12.3. The van der Waals surface area contributed by atoms with Crippen molar-refractivity contribution in [3.05, 3.63) is 28.8 Å². The Morgan fingerprint density at radius 1 is 1.40 bits per heavy atom. The van der Waals surface area contributed by atoms with Crippen molar-refractivity contribution in [2.24, 2.45) is 11.7 Å². The molecule has 3 heteroatoms. The fraction of sp³-hybridized carbons (Fsp3) is 0.500. The van der Waals surface area contributed by atoms with Gasteiger partial charge in [0.25, 0.3) is 0 Å². The zero-order valence-corrected chi connectivity index (χ0v) is 10.1. The van der Waals surface area contributed by atoms with Gasteiger partial charge >= 0.3 is 0 Å². The first-order chi connectivity index (χ1) is 7.15. The van der Waals surface area contributed by atoms with Crippen LogP contribution in [0.25, 0.3) is 0 Å². The molecule has 0 radical (unpaired) electrons. The van der Waals surface area contributed by atoms with Gasteiger partial charge in [0.05, 0.1) is 6.61 Å². The number of benzene rings is 1. The average Bonchev–Trinajstić information content (AvgIpc) is 2.19. The monoisotopic (exact) mass is 227 g/mol. The van der Waals surface area contributed by atoms with E-state index in [2.05, 4.69) is 13.8 Å². The van der Waals surface area contributed by atoms with Crippen molar-refractivity contribution in [1.82, 2.24) is 0 Å². The maximum absolute atomic E-state index is 6.09. The Morgan fingerprint density at radius 3 is 2.73 bits per heavy atom. The van der Waals surface area contributed by atoms with E-state index in [4.69, 9.17) is 22.1 Å². The molecular formula is C12H18ClNO. The van der Waals surface area contributed by atoms with Crippen LogP contribution in [0.5, 0.6) is 5.75 Å². The quantitative estimate of drug-likeness (QED) is 0.840. The number of hydrogen-bond donors (Lipinski definition) is 1. The summed E-state index contributed by atoms with van der Waals surface area (Å²) >= 11 is 6.09. The molecule has 0 saturated carbocycles. The van der Waals surface area contributed by atoms with Crippen LogP contribution in [0.4, 0.5) is 0 Å². The Morgan fingerprint density at radius 2 is 2.13 bits per heavy atom. The molecule has 0 fully saturated rings. The highest BCUT2D eigenvalue weighted by molar-refractivity contribution is 6.31. The fourth-order valence-electron chi connectivity index (χ4n) is 1.32. The van der Waals surface area contributed by atoms with Gasteiger partial charge in [-0.1, -0.05) is 31.5 Å². The van der Waals surface area contributed by atoms with Gasteiger partial charge in [-0.2, -0.15) is 0 Å². The number of ether oxygens (including phenoxy) is 1. The lowest BCUT2D eigenvalue weighted by Crippen LogP contribution is -2.09. The van der Waals surface area contributed by atoms with Crippen LogP contribution in [0, 0.1) is 5.92 Å². The smallest absolute Gasteiger partial charge is 0.124 e. The van der Waals surface area contributed by atoms with Crippen molar-refractivity contribution >= 4 is 11.6 Å². The summed E-state index contributed by atoms with van der Waals surface area (Å²) in [5.41, 5.74) is 6.56. The van der Waals surface area contributed by atoms with Crippen molar-refractivity contribution in [3.63, 3.8) is 0 Å². The Hall–Kier alpha value is -0.730. The van der Waals surface area contributed by atoms with Crippen LogP contribution in [-0.2, 0) is 6.42 Å². The first-order valence-corrected chi connectivity index (χ1v) is 5.63. The van der Waals surface area contributed by atoms with Gasteiger partial charge in [0.15, 0.2) is 0 Å². The minimum absolute atomic E-state index is 0.509. The Labute approximate surface area is 96.4 Å². The molecular weight excluding hydrogens is 210 g/mol. The van der Waals surface area contributed by atoms with Crippen LogP contribution in [0.2, 0.25) is 5.02 Å². The molecule has 15 heavy (non-hydrogen) atoms. The summed E-state index contributed by atoms with van der Waals surface area (Å²) in [5, 5.41) is 0.738. The third-order valence-electron chi connectivity index (χ3n) is 2.04. The van der Waals surface area contributed by atoms with Gasteiger partial charge in [-0.3, -0.25) is 0 Å². The second kappa shape index (κ2) is 5.99. The van der Waals surface area contributed by atoms with E-state index in [1.54, 1.807) is 0 Å². The molecule has 0 atom stereocenters. The third-order valence-corrected chi connectivity index (χ3v) is 2.40. The van der Waals surface area contributed by atoms with Crippen molar-refractivity contribution < 1.29 is 4.74 Å². The summed E-state index contributed by atoms with van der Waals surface area (Å²) in [4.78, 5) is 0. The number of halogens is 1. The van der Waals surface area contributed by atoms with E-state index >= 15 is 0 Å². The molecule has 0 aliphatic heterocycles. The van der Waals surface area contributed by atoms with Crippen molar-refractivity contribution in [2.75, 3.05) is 13.2 Å². The van der Waals surface area contributed by atoms with Gasteiger partial charge in [-0.15, -0.1) is 0 Å². The summed E-state index contributed by atoms with van der Waals surface area (Å²) in [7, 11) is 0. The van der Waals surface area contributed by atoms with E-state index in [1.807, 2.05) is 18.2 Å². The maximum Gasteiger partial charge on any atom is 0.124 e. The van der Waals surface area contributed by atoms with Gasteiger partial charge in [-0.25, -0.2) is 0 Å². The maximum atomic E-state index is 6.09. The molecule has 0 heterocycles. The van der Waals surface area contributed by atoms with E-state index in [-0.39, 0.29) is 0 Å². The van der Waals surface area contributed by atoms with E-state index in [1.165, 1.54) is 0 Å². The van der Waals surface area contributed by atoms with Crippen molar-refractivity contribution in [2.45, 2.75) is 20.3 Å². The molecule has 1 aromatic rings. The number of nitrogens with two attached hydrogens (primary N) is 1. The first-order valence-electron chi connectivity index (χ1n) is 5.25. The van der Waals surface area contributed by atoms with Crippen LogP contribution in [0.1, 0.15) is 19.4 Å². The van der Waals surface area contributed by atoms with Crippen LogP contribution >= 0.6 is 11.6 Å². The predicted molar refractivity (Wildman–Crippen MR) is 64.5 cm³/mol. The minimum Gasteiger partial charge on any atom is -0.493 e. The summed E-state index contributed by atoms with van der Waals surface area (Å²) in [6, 6.07) is 5.71. The average molecular weight is 228 g/mol. The SMILES string of the molecule is CC(C)COc1cccc(Cl)c1CCN. The van der Waals surface area contributed by atoms with Gasteiger partial charge < -0.3 is 10.5 Å². The van der Waals surface area contributed by atoms with E-state index in [9.17, 15) is 0 Å². The second-order valence-corrected chi connectivity index (χ2v) is 4.37. The summed E-state index contributed by atoms with van der Waals surface area (Å²) in [5.74, 6) is 1.37. The van der Waals surface area contributed by atoms with Gasteiger partial charge in [0.2, 0.25) is 0 Å². The van der Waals surface area contributed by atoms with Crippen LogP contribution < -0.4 is 10.5 Å². The molecule has 0 saturated heterocycles. The van der Waals surface area contributed by atoms with E-state index < -0.39 is 0 Å². The molecule has 0 aromatic heterocycles. The number of rotatable bonds is 5. The van der Waals surface area contributed by atoms with E-state index in [0.717, 1.165) is 22.8 Å². The van der Waals surface area contributed by atoms with E-state index in [0.29, 0.717) is 19.1 Å². The molecule has 2 nitrogen and oxygen atoms in total. The Bertz CT molecular complexity index is 312. The largest absolute Gasteiger partial charge is 0.493 e. The summed E-state index contributed by atoms with van der Waals surface area (Å²) in [6.07, 6.45) is 0.757. The zero-order chi connectivity index (χ0) is 11.3. The molecule has 1 aromatic carbocycles. The normalized spacial score (nSPS) is 10.7. The molecule has 1 rings (SSSR count). The lowest BCUT2D eigenvalue weighted by Gasteiger charge is -2.13. The van der Waals surface area contributed by atoms with Gasteiger partial charge in [0, 0.05) is 10.6 Å². The molecule has 0 bridgehead atoms. The highest BCUT2D eigenvalue weighted by Gasteiger charge is 2.07. The topological polar surface area (TPSA) is 35.2 Å². The molecule has 2 N–H and O–H groups in total. The van der Waals surface area contributed by atoms with Gasteiger partial charge in [0.1, 0.15) is 5.75 Å². The third kappa shape index (κ3) is 3.73.